The van der Waals surface area contributed by atoms with Crippen LogP contribution in [-0.4, -0.2) is 24.1 Å². The molecule has 7 heteroatoms. The topological polar surface area (TPSA) is 58.5 Å². The third-order valence-corrected chi connectivity index (χ3v) is 4.62. The van der Waals surface area contributed by atoms with Crippen LogP contribution in [-0.2, 0) is 13.1 Å². The van der Waals surface area contributed by atoms with Crippen molar-refractivity contribution in [1.29, 1.82) is 0 Å². The van der Waals surface area contributed by atoms with E-state index in [4.69, 9.17) is 4.74 Å². The molecule has 0 radical (unpaired) electrons. The summed E-state index contributed by atoms with van der Waals surface area (Å²) in [6, 6.07) is 8.13. The molecule has 2 N–H and O–H groups in total. The van der Waals surface area contributed by atoms with E-state index in [1.165, 1.54) is 4.88 Å². The zero-order valence-electron chi connectivity index (χ0n) is 16.0. The zero-order chi connectivity index (χ0) is 18.1. The first-order valence-corrected chi connectivity index (χ1v) is 9.60. The Labute approximate surface area is 177 Å². The summed E-state index contributed by atoms with van der Waals surface area (Å²) >= 11 is 1.73. The van der Waals surface area contributed by atoms with Crippen LogP contribution in [0.1, 0.15) is 41.4 Å². The Bertz CT molecular complexity index is 703. The van der Waals surface area contributed by atoms with Crippen molar-refractivity contribution in [1.82, 2.24) is 15.6 Å². The van der Waals surface area contributed by atoms with E-state index in [0.29, 0.717) is 6.54 Å². The maximum Gasteiger partial charge on any atom is 0.191 e. The molecule has 5 nitrogen and oxygen atoms in total. The quantitative estimate of drug-likeness (QED) is 0.328. The lowest BCUT2D eigenvalue weighted by molar-refractivity contribution is 0.317. The van der Waals surface area contributed by atoms with Gasteiger partial charge < -0.3 is 15.4 Å². The van der Waals surface area contributed by atoms with Crippen molar-refractivity contribution in [3.63, 3.8) is 0 Å². The molecular weight excluding hydrogens is 459 g/mol. The number of aromatic nitrogens is 1. The maximum absolute atomic E-state index is 5.69. The minimum absolute atomic E-state index is 0. The van der Waals surface area contributed by atoms with Crippen LogP contribution in [0.2, 0.25) is 0 Å². The molecule has 1 aromatic carbocycles. The van der Waals surface area contributed by atoms with Crippen LogP contribution in [0, 0.1) is 13.8 Å². The third kappa shape index (κ3) is 7.49. The second kappa shape index (κ2) is 12.1. The van der Waals surface area contributed by atoms with Crippen molar-refractivity contribution in [2.24, 2.45) is 4.99 Å². The third-order valence-electron chi connectivity index (χ3n) is 3.55. The van der Waals surface area contributed by atoms with Crippen molar-refractivity contribution in [3.8, 4) is 5.75 Å². The summed E-state index contributed by atoms with van der Waals surface area (Å²) in [6.07, 6.45) is 1.01. The average Bonchev–Trinajstić information content (AvgIpc) is 2.93. The predicted molar refractivity (Wildman–Crippen MR) is 121 cm³/mol. The standard InChI is InChI=1S/C19H28N4OS.HI/c1-5-10-24-17-9-7-8-16(11-17)12-21-19(20-6-2)22-13-18-14(3)23-15(4)25-18;/h7-9,11H,5-6,10,12-13H2,1-4H3,(H2,20,21,22);1H. The van der Waals surface area contributed by atoms with Crippen LogP contribution in [0.3, 0.4) is 0 Å². The van der Waals surface area contributed by atoms with Crippen LogP contribution in [0.4, 0.5) is 0 Å². The van der Waals surface area contributed by atoms with Gasteiger partial charge >= 0.3 is 0 Å². The molecule has 144 valence electrons. The largest absolute Gasteiger partial charge is 0.494 e. The van der Waals surface area contributed by atoms with Crippen LogP contribution in [0.15, 0.2) is 29.3 Å². The molecule has 0 aliphatic heterocycles. The fourth-order valence-electron chi connectivity index (χ4n) is 2.37. The number of aryl methyl sites for hydroxylation is 2. The number of rotatable bonds is 8. The smallest absolute Gasteiger partial charge is 0.191 e. The van der Waals surface area contributed by atoms with Gasteiger partial charge in [0, 0.05) is 11.4 Å². The van der Waals surface area contributed by atoms with Gasteiger partial charge in [0.25, 0.3) is 0 Å². The summed E-state index contributed by atoms with van der Waals surface area (Å²) in [5.74, 6) is 1.72. The summed E-state index contributed by atoms with van der Waals surface area (Å²) in [5, 5.41) is 7.78. The van der Waals surface area contributed by atoms with E-state index < -0.39 is 0 Å². The first-order chi connectivity index (χ1) is 12.1. The molecule has 0 atom stereocenters. The van der Waals surface area contributed by atoms with Gasteiger partial charge in [0.2, 0.25) is 0 Å². The molecule has 1 aromatic heterocycles. The first-order valence-electron chi connectivity index (χ1n) is 8.79. The second-order valence-electron chi connectivity index (χ2n) is 5.79. The Morgan fingerprint density at radius 1 is 1.23 bits per heavy atom. The summed E-state index contributed by atoms with van der Waals surface area (Å²) in [5.41, 5.74) is 2.22. The number of hydrogen-bond acceptors (Lipinski definition) is 4. The van der Waals surface area contributed by atoms with Crippen molar-refractivity contribution in [2.45, 2.75) is 47.2 Å². The highest BCUT2D eigenvalue weighted by atomic mass is 127. The molecule has 0 fully saturated rings. The number of benzene rings is 1. The lowest BCUT2D eigenvalue weighted by Gasteiger charge is -2.11. The van der Waals surface area contributed by atoms with E-state index in [1.54, 1.807) is 11.3 Å². The average molecular weight is 488 g/mol. The Hall–Kier alpha value is -1.35. The van der Waals surface area contributed by atoms with Gasteiger partial charge in [-0.3, -0.25) is 0 Å². The summed E-state index contributed by atoms with van der Waals surface area (Å²) in [4.78, 5) is 10.4. The highest BCUT2D eigenvalue weighted by Crippen LogP contribution is 2.17. The van der Waals surface area contributed by atoms with Gasteiger partial charge in [-0.1, -0.05) is 19.1 Å². The Kier molecular flexibility index (Phi) is 10.6. The highest BCUT2D eigenvalue weighted by molar-refractivity contribution is 14.0. The second-order valence-corrected chi connectivity index (χ2v) is 7.07. The molecule has 2 rings (SSSR count). The van der Waals surface area contributed by atoms with Crippen molar-refractivity contribution in [2.75, 3.05) is 13.2 Å². The van der Waals surface area contributed by atoms with E-state index >= 15 is 0 Å². The zero-order valence-corrected chi connectivity index (χ0v) is 19.1. The number of halogens is 1. The molecule has 0 saturated heterocycles. The molecule has 0 saturated carbocycles. The molecule has 0 unspecified atom stereocenters. The van der Waals surface area contributed by atoms with Crippen LogP contribution >= 0.6 is 35.3 Å². The maximum atomic E-state index is 5.69. The van der Waals surface area contributed by atoms with Crippen molar-refractivity contribution in [3.05, 3.63) is 45.4 Å². The van der Waals surface area contributed by atoms with Gasteiger partial charge in [0.15, 0.2) is 5.96 Å². The van der Waals surface area contributed by atoms with E-state index in [2.05, 4.69) is 46.6 Å². The molecule has 2 aromatic rings. The van der Waals surface area contributed by atoms with Gasteiger partial charge in [-0.2, -0.15) is 0 Å². The molecule has 0 bridgehead atoms. The lowest BCUT2D eigenvalue weighted by atomic mass is 10.2. The first kappa shape index (κ1) is 22.7. The number of hydrogen-bond donors (Lipinski definition) is 2. The lowest BCUT2D eigenvalue weighted by Crippen LogP contribution is -2.36. The number of guanidine groups is 1. The summed E-state index contributed by atoms with van der Waals surface area (Å²) < 4.78 is 5.69. The molecule has 0 spiro atoms. The fraction of sp³-hybridized carbons (Fsp3) is 0.474. The normalized spacial score (nSPS) is 11.0. The molecule has 0 amide bonds. The monoisotopic (exact) mass is 488 g/mol. The Balaban J connectivity index is 0.00000338. The van der Waals surface area contributed by atoms with Gasteiger partial charge in [0.05, 0.1) is 30.4 Å². The summed E-state index contributed by atoms with van der Waals surface area (Å²) in [7, 11) is 0. The predicted octanol–water partition coefficient (Wildman–Crippen LogP) is 4.42. The molecule has 1 heterocycles. The molecule has 0 aliphatic rings. The van der Waals surface area contributed by atoms with E-state index in [9.17, 15) is 0 Å². The molecule has 26 heavy (non-hydrogen) atoms. The number of nitrogens with one attached hydrogen (secondary N) is 2. The Morgan fingerprint density at radius 3 is 2.69 bits per heavy atom. The minimum atomic E-state index is 0. The van der Waals surface area contributed by atoms with E-state index in [-0.39, 0.29) is 24.0 Å². The minimum Gasteiger partial charge on any atom is -0.494 e. The Morgan fingerprint density at radius 2 is 2.04 bits per heavy atom. The van der Waals surface area contributed by atoms with Crippen LogP contribution in [0.25, 0.3) is 0 Å². The SMILES string of the molecule is CCCOc1cccc(CN=C(NCC)NCc2sc(C)nc2C)c1.I. The molecule has 0 aliphatic carbocycles. The van der Waals surface area contributed by atoms with Crippen LogP contribution < -0.4 is 15.4 Å². The van der Waals surface area contributed by atoms with Crippen molar-refractivity contribution >= 4 is 41.3 Å². The summed E-state index contributed by atoms with van der Waals surface area (Å²) in [6.45, 7) is 11.2. The number of nitrogens with zero attached hydrogens (tertiary/aromatic N) is 2. The van der Waals surface area contributed by atoms with Crippen LogP contribution in [0.5, 0.6) is 5.75 Å². The van der Waals surface area contributed by atoms with Gasteiger partial charge in [-0.15, -0.1) is 35.3 Å². The number of aliphatic imine (C=N–C) groups is 1. The molecular formula is C19H29IN4OS. The van der Waals surface area contributed by atoms with Gasteiger partial charge in [-0.05, 0) is 44.9 Å². The number of ether oxygens (including phenoxy) is 1. The van der Waals surface area contributed by atoms with E-state index in [0.717, 1.165) is 54.1 Å². The van der Waals surface area contributed by atoms with Gasteiger partial charge in [-0.25, -0.2) is 9.98 Å². The highest BCUT2D eigenvalue weighted by Gasteiger charge is 2.06. The fourth-order valence-corrected chi connectivity index (χ4v) is 3.24. The van der Waals surface area contributed by atoms with E-state index in [1.807, 2.05) is 26.0 Å². The van der Waals surface area contributed by atoms with Gasteiger partial charge in [0.1, 0.15) is 5.75 Å². The van der Waals surface area contributed by atoms with Crippen molar-refractivity contribution < 1.29 is 4.74 Å². The number of thiazole rings is 1.